The second-order valence-corrected chi connectivity index (χ2v) is 1.34. The summed E-state index contributed by atoms with van der Waals surface area (Å²) in [5.74, 6) is 8.00. The van der Waals surface area contributed by atoms with Gasteiger partial charge in [0.05, 0.1) is 0 Å². The summed E-state index contributed by atoms with van der Waals surface area (Å²) in [6.45, 7) is 0. The van der Waals surface area contributed by atoms with Crippen LogP contribution in [0.4, 0.5) is 0 Å². The van der Waals surface area contributed by atoms with Crippen LogP contribution in [0.15, 0.2) is 0 Å². The number of rotatable bonds is 0. The summed E-state index contributed by atoms with van der Waals surface area (Å²) in [4.78, 5) is 0. The van der Waals surface area contributed by atoms with Crippen molar-refractivity contribution in [3.63, 3.8) is 0 Å². The molecule has 0 aromatic heterocycles. The zero-order valence-electron chi connectivity index (χ0n) is 5.98. The van der Waals surface area contributed by atoms with Gasteiger partial charge in [0.25, 0.3) is 0 Å². The smallest absolute Gasteiger partial charge is 1.00 e. The summed E-state index contributed by atoms with van der Waals surface area (Å²) < 4.78 is 31.6. The van der Waals surface area contributed by atoms with Gasteiger partial charge in [-0.05, 0) is 0 Å². The third-order valence-electron chi connectivity index (χ3n) is 0. The Bertz CT molecular complexity index is 109. The zero-order chi connectivity index (χ0) is 6.50. The molecule has 56 valence electrons. The van der Waals surface area contributed by atoms with Gasteiger partial charge in [-0.3, -0.25) is 20.8 Å². The van der Waals surface area contributed by atoms with Gasteiger partial charge in [-0.1, -0.05) is 0 Å². The van der Waals surface area contributed by atoms with Crippen molar-refractivity contribution in [1.82, 2.24) is 0 Å². The van der Waals surface area contributed by atoms with Crippen molar-refractivity contribution in [3.05, 3.63) is 0 Å². The summed E-state index contributed by atoms with van der Waals surface area (Å²) >= 11 is 0. The second kappa shape index (κ2) is 12.3. The van der Waals surface area contributed by atoms with E-state index in [-0.39, 0.29) is 58.0 Å². The van der Waals surface area contributed by atoms with Crippen LogP contribution in [0, 0.1) is 0 Å². The Morgan fingerprint density at radius 1 is 1.22 bits per heavy atom. The molecule has 0 aliphatic rings. The van der Waals surface area contributed by atoms with Crippen LogP contribution in [-0.4, -0.2) is 72.6 Å². The molecule has 0 heterocycles. The van der Waals surface area contributed by atoms with Crippen LogP contribution in [0.2, 0.25) is 0 Å². The predicted octanol–water partition coefficient (Wildman–Crippen LogP) is -3.17. The molecule has 9 heavy (non-hydrogen) atoms. The first-order valence-corrected chi connectivity index (χ1v) is 2.43. The van der Waals surface area contributed by atoms with E-state index in [1.807, 2.05) is 0 Å². The fraction of sp³-hybridized carbons (Fsp3) is 0. The second-order valence-electron chi connectivity index (χ2n) is 0.448. The molecular formula is H11AlCaN2O4S. The normalized spacial score (nSPS) is 7.11. The minimum atomic E-state index is -4.67. The number of nitrogens with two attached hydrogens (primary N) is 2. The number of hydrazine groups is 1. The topological polar surface area (TPSA) is 127 Å². The molecule has 0 fully saturated rings. The quantitative estimate of drug-likeness (QED) is 0.142. The molecular weight excluding hydrogens is 191 g/mol. The average molecular weight is 202 g/mol. The van der Waals surface area contributed by atoms with E-state index in [0.29, 0.717) is 0 Å². The first kappa shape index (κ1) is 22.4. The van der Waals surface area contributed by atoms with Gasteiger partial charge in [-0.15, -0.1) is 0 Å². The molecule has 6 N–H and O–H groups in total. The van der Waals surface area contributed by atoms with E-state index in [1.54, 1.807) is 0 Å². The van der Waals surface area contributed by atoms with E-state index in [4.69, 9.17) is 17.5 Å². The largest absolute Gasteiger partial charge is 2.00 e. The maximum Gasteiger partial charge on any atom is 2.00 e. The maximum absolute atomic E-state index is 8.74. The van der Waals surface area contributed by atoms with E-state index in [9.17, 15) is 0 Å². The molecule has 0 amide bonds. The molecule has 0 aromatic rings. The molecule has 0 spiro atoms. The van der Waals surface area contributed by atoms with Crippen LogP contribution >= 0.6 is 0 Å². The van der Waals surface area contributed by atoms with E-state index in [2.05, 4.69) is 11.7 Å². The van der Waals surface area contributed by atoms with Crippen LogP contribution in [0.5, 0.6) is 0 Å². The Hall–Kier alpha value is 1.58. The van der Waals surface area contributed by atoms with Crippen molar-refractivity contribution in [2.24, 2.45) is 11.7 Å². The van der Waals surface area contributed by atoms with Gasteiger partial charge in [-0.25, -0.2) is 0 Å². The first-order valence-electron chi connectivity index (χ1n) is 1.03. The van der Waals surface area contributed by atoms with Crippen molar-refractivity contribution in [2.45, 2.75) is 0 Å². The predicted molar refractivity (Wildman–Crippen MR) is 40.5 cm³/mol. The third kappa shape index (κ3) is 220. The van der Waals surface area contributed by atoms with Crippen LogP contribution in [0.1, 0.15) is 2.85 Å². The minimum absolute atomic E-state index is 0. The van der Waals surface area contributed by atoms with Crippen LogP contribution in [0.25, 0.3) is 0 Å². The standard InChI is InChI=1S/Al.Ca.H4N2.H2O4S.5H/c;;1-2;1-5(2,3)4;;;;;/h;;1-2H2;(H2,1,2,3,4);;;;;/q;+2;;;;;;2*-1. The molecule has 0 bridgehead atoms. The number of hydrogen-bond acceptors (Lipinski definition) is 4. The zero-order valence-corrected chi connectivity index (χ0v) is 7.01. The van der Waals surface area contributed by atoms with Crippen LogP contribution < -0.4 is 11.7 Å². The van der Waals surface area contributed by atoms with Crippen LogP contribution in [-0.2, 0) is 10.4 Å². The Balaban J connectivity index is -0.00000000972. The maximum atomic E-state index is 8.74. The molecule has 0 aliphatic carbocycles. The summed E-state index contributed by atoms with van der Waals surface area (Å²) in [5, 5.41) is 0. The van der Waals surface area contributed by atoms with Gasteiger partial charge >= 0.3 is 48.1 Å². The minimum Gasteiger partial charge on any atom is -1.00 e. The summed E-state index contributed by atoms with van der Waals surface area (Å²) in [6.07, 6.45) is 0. The molecule has 0 saturated carbocycles. The molecule has 0 aliphatic heterocycles. The van der Waals surface area contributed by atoms with E-state index in [1.165, 1.54) is 0 Å². The van der Waals surface area contributed by atoms with E-state index < -0.39 is 10.4 Å². The molecule has 0 unspecified atom stereocenters. The van der Waals surface area contributed by atoms with Crippen molar-refractivity contribution in [3.8, 4) is 0 Å². The fourth-order valence-electron chi connectivity index (χ4n) is 0. The van der Waals surface area contributed by atoms with Crippen molar-refractivity contribution in [2.75, 3.05) is 0 Å². The van der Waals surface area contributed by atoms with E-state index >= 15 is 0 Å². The first-order chi connectivity index (χ1) is 3.00. The fourth-order valence-corrected chi connectivity index (χ4v) is 0. The Morgan fingerprint density at radius 2 is 1.22 bits per heavy atom. The van der Waals surface area contributed by atoms with Crippen molar-refractivity contribution < 1.29 is 20.4 Å². The van der Waals surface area contributed by atoms with Gasteiger partial charge in [0.15, 0.2) is 17.4 Å². The molecule has 0 saturated heterocycles. The van der Waals surface area contributed by atoms with Crippen molar-refractivity contribution in [1.29, 1.82) is 0 Å². The average Bonchev–Trinajstić information content (AvgIpc) is 1.36. The van der Waals surface area contributed by atoms with Gasteiger partial charge in [0.2, 0.25) is 0 Å². The van der Waals surface area contributed by atoms with Gasteiger partial charge in [0.1, 0.15) is 0 Å². The van der Waals surface area contributed by atoms with Gasteiger partial charge in [-0.2, -0.15) is 8.42 Å². The summed E-state index contributed by atoms with van der Waals surface area (Å²) in [6, 6.07) is 0. The molecule has 0 aromatic carbocycles. The monoisotopic (exact) mass is 202 g/mol. The SMILES string of the molecule is NN.O=S(=O)(O)O.[AlH3].[Ca+2].[H-].[H-]. The van der Waals surface area contributed by atoms with Gasteiger partial charge < -0.3 is 2.85 Å². The molecule has 6 nitrogen and oxygen atoms in total. The summed E-state index contributed by atoms with van der Waals surface area (Å²) in [5.41, 5.74) is 0. The van der Waals surface area contributed by atoms with E-state index in [0.717, 1.165) is 0 Å². The molecule has 0 radical (unpaired) electrons. The van der Waals surface area contributed by atoms with Crippen LogP contribution in [0.3, 0.4) is 0 Å². The Kier molecular flexibility index (Phi) is 30.6. The Morgan fingerprint density at radius 3 is 1.22 bits per heavy atom. The third-order valence-corrected chi connectivity index (χ3v) is 0. The van der Waals surface area contributed by atoms with Gasteiger partial charge in [0, 0.05) is 0 Å². The molecule has 0 atom stereocenters. The number of hydrogen-bond donors (Lipinski definition) is 4. The summed E-state index contributed by atoms with van der Waals surface area (Å²) in [7, 11) is -4.67. The molecule has 9 heteroatoms. The van der Waals surface area contributed by atoms with Crippen molar-refractivity contribution >= 4 is 65.5 Å². The Labute approximate surface area is 96.6 Å². The molecule has 0 rings (SSSR count).